The molecule has 10 heavy (non-hydrogen) atoms. The third-order valence-corrected chi connectivity index (χ3v) is 0.656. The maximum atomic E-state index is 9.76. The summed E-state index contributed by atoms with van der Waals surface area (Å²) in [6, 6.07) is 0. The van der Waals surface area contributed by atoms with Crippen molar-refractivity contribution < 1.29 is 19.8 Å². The van der Waals surface area contributed by atoms with Crippen LogP contribution in [0.3, 0.4) is 0 Å². The van der Waals surface area contributed by atoms with Crippen LogP contribution in [0.2, 0.25) is 0 Å². The van der Waals surface area contributed by atoms with Crippen molar-refractivity contribution in [3.63, 3.8) is 0 Å². The number of aliphatic carboxylic acids is 2. The SMILES string of the molecule is C/C(=C\C(=O)[O-])C(=O)[O-].[Mg+2]. The quantitative estimate of drug-likeness (QED) is 0.313. The molecular formula is C5H4MgO4. The Bertz CT molecular complexity index is 172. The second-order valence-electron chi connectivity index (χ2n) is 1.43. The normalized spacial score (nSPS) is 9.90. The van der Waals surface area contributed by atoms with E-state index in [2.05, 4.69) is 0 Å². The fraction of sp³-hybridized carbons (Fsp3) is 0.200. The molecule has 0 atom stereocenters. The Morgan fingerprint density at radius 2 is 1.70 bits per heavy atom. The molecule has 0 aromatic heterocycles. The summed E-state index contributed by atoms with van der Waals surface area (Å²) in [5, 5.41) is 19.4. The van der Waals surface area contributed by atoms with Crippen LogP contribution in [0.15, 0.2) is 11.6 Å². The van der Waals surface area contributed by atoms with Crippen LogP contribution in [0.5, 0.6) is 0 Å². The second kappa shape index (κ2) is 5.25. The zero-order valence-corrected chi connectivity index (χ0v) is 6.83. The molecule has 0 aliphatic carbocycles. The van der Waals surface area contributed by atoms with Crippen LogP contribution in [-0.4, -0.2) is 35.0 Å². The zero-order valence-electron chi connectivity index (χ0n) is 5.42. The van der Waals surface area contributed by atoms with Crippen molar-refractivity contribution >= 4 is 35.0 Å². The van der Waals surface area contributed by atoms with Gasteiger partial charge in [0.05, 0.1) is 11.9 Å². The summed E-state index contributed by atoms with van der Waals surface area (Å²) in [5.41, 5.74) is -0.352. The van der Waals surface area contributed by atoms with Gasteiger partial charge in [-0.3, -0.25) is 0 Å². The largest absolute Gasteiger partial charge is 2.00 e. The predicted octanol–water partition coefficient (Wildman–Crippen LogP) is -2.95. The zero-order chi connectivity index (χ0) is 7.44. The maximum absolute atomic E-state index is 9.76. The van der Waals surface area contributed by atoms with Crippen molar-refractivity contribution in [3.05, 3.63) is 11.6 Å². The topological polar surface area (TPSA) is 80.3 Å². The number of carboxylic acids is 2. The molecule has 0 bridgehead atoms. The van der Waals surface area contributed by atoms with Gasteiger partial charge in [-0.15, -0.1) is 0 Å². The van der Waals surface area contributed by atoms with E-state index in [1.54, 1.807) is 0 Å². The molecule has 0 aliphatic heterocycles. The fourth-order valence-corrected chi connectivity index (χ4v) is 0.236. The smallest absolute Gasteiger partial charge is 0.545 e. The third kappa shape index (κ3) is 5.58. The first kappa shape index (κ1) is 12.2. The van der Waals surface area contributed by atoms with E-state index in [0.29, 0.717) is 6.08 Å². The van der Waals surface area contributed by atoms with Crippen molar-refractivity contribution in [2.75, 3.05) is 0 Å². The molecule has 0 spiro atoms. The molecule has 0 saturated heterocycles. The van der Waals surface area contributed by atoms with Gasteiger partial charge in [0.1, 0.15) is 0 Å². The van der Waals surface area contributed by atoms with Crippen molar-refractivity contribution in [1.29, 1.82) is 0 Å². The van der Waals surface area contributed by atoms with E-state index in [0.717, 1.165) is 6.92 Å². The number of carbonyl (C=O) groups excluding carboxylic acids is 2. The molecule has 4 nitrogen and oxygen atoms in total. The molecule has 0 amide bonds. The van der Waals surface area contributed by atoms with Gasteiger partial charge in [-0.1, -0.05) is 0 Å². The molecule has 0 N–H and O–H groups in total. The summed E-state index contributed by atoms with van der Waals surface area (Å²) in [6.45, 7) is 1.12. The first-order valence-corrected chi connectivity index (χ1v) is 2.14. The number of carboxylic acid groups (broad SMARTS) is 2. The molecule has 0 aliphatic rings. The van der Waals surface area contributed by atoms with Gasteiger partial charge in [0.15, 0.2) is 0 Å². The Morgan fingerprint density at radius 3 is 1.80 bits per heavy atom. The van der Waals surface area contributed by atoms with Crippen LogP contribution in [0.4, 0.5) is 0 Å². The summed E-state index contributed by atoms with van der Waals surface area (Å²) >= 11 is 0. The molecule has 50 valence electrons. The summed E-state index contributed by atoms with van der Waals surface area (Å²) < 4.78 is 0. The van der Waals surface area contributed by atoms with E-state index in [-0.39, 0.29) is 28.6 Å². The van der Waals surface area contributed by atoms with E-state index < -0.39 is 11.9 Å². The molecule has 0 fully saturated rings. The van der Waals surface area contributed by atoms with E-state index in [4.69, 9.17) is 0 Å². The molecule has 0 saturated carbocycles. The Balaban J connectivity index is 0. The van der Waals surface area contributed by atoms with E-state index in [1.165, 1.54) is 0 Å². The van der Waals surface area contributed by atoms with Gasteiger partial charge in [0.25, 0.3) is 0 Å². The Hall–Kier alpha value is -0.554. The number of hydrogen-bond acceptors (Lipinski definition) is 4. The minimum atomic E-state index is -1.53. The summed E-state index contributed by atoms with van der Waals surface area (Å²) in [5.74, 6) is -3.03. The van der Waals surface area contributed by atoms with Gasteiger partial charge in [-0.25, -0.2) is 0 Å². The van der Waals surface area contributed by atoms with Crippen LogP contribution in [-0.2, 0) is 9.59 Å². The number of carbonyl (C=O) groups is 2. The molecule has 0 aromatic rings. The summed E-state index contributed by atoms with van der Waals surface area (Å²) in [7, 11) is 0. The van der Waals surface area contributed by atoms with Crippen molar-refractivity contribution in [3.8, 4) is 0 Å². The first-order valence-electron chi connectivity index (χ1n) is 2.14. The van der Waals surface area contributed by atoms with E-state index >= 15 is 0 Å². The van der Waals surface area contributed by atoms with Crippen molar-refractivity contribution in [2.45, 2.75) is 6.92 Å². The standard InChI is InChI=1S/C5H6O4.Mg/c1-3(5(8)9)2-4(6)7;/h2H,1H3,(H,6,7)(H,8,9);/q;+2/p-2/b3-2+;. The van der Waals surface area contributed by atoms with E-state index in [9.17, 15) is 19.8 Å². The van der Waals surface area contributed by atoms with Gasteiger partial charge >= 0.3 is 23.1 Å². The summed E-state index contributed by atoms with van der Waals surface area (Å²) in [6.07, 6.45) is 0.468. The Labute approximate surface area is 73.7 Å². The van der Waals surface area contributed by atoms with Crippen LogP contribution >= 0.6 is 0 Å². The molecule has 0 rings (SSSR count). The maximum Gasteiger partial charge on any atom is 2.00 e. The first-order chi connectivity index (χ1) is 4.04. The van der Waals surface area contributed by atoms with Crippen LogP contribution in [0.25, 0.3) is 0 Å². The van der Waals surface area contributed by atoms with Crippen molar-refractivity contribution in [2.24, 2.45) is 0 Å². The van der Waals surface area contributed by atoms with E-state index in [1.807, 2.05) is 0 Å². The Kier molecular flexibility index (Phi) is 6.38. The van der Waals surface area contributed by atoms with Gasteiger partial charge in [0, 0.05) is 0 Å². The van der Waals surface area contributed by atoms with Gasteiger partial charge in [-0.05, 0) is 18.6 Å². The Morgan fingerprint density at radius 1 is 1.30 bits per heavy atom. The van der Waals surface area contributed by atoms with Crippen molar-refractivity contribution in [1.82, 2.24) is 0 Å². The minimum Gasteiger partial charge on any atom is -0.545 e. The average molecular weight is 152 g/mol. The van der Waals surface area contributed by atoms with Gasteiger partial charge in [0.2, 0.25) is 0 Å². The average Bonchev–Trinajstić information content (AvgIpc) is 1.63. The number of rotatable bonds is 2. The molecule has 0 heterocycles. The monoisotopic (exact) mass is 152 g/mol. The van der Waals surface area contributed by atoms with Crippen LogP contribution < -0.4 is 10.2 Å². The molecule has 5 heteroatoms. The van der Waals surface area contributed by atoms with Gasteiger partial charge < -0.3 is 19.8 Å². The summed E-state index contributed by atoms with van der Waals surface area (Å²) in [4.78, 5) is 19.4. The molecule has 0 aromatic carbocycles. The fourth-order valence-electron chi connectivity index (χ4n) is 0.236. The van der Waals surface area contributed by atoms with Crippen LogP contribution in [0, 0.1) is 0 Å². The minimum absolute atomic E-state index is 0. The molecular weight excluding hydrogens is 148 g/mol. The predicted molar refractivity (Wildman–Crippen MR) is 29.5 cm³/mol. The van der Waals surface area contributed by atoms with Crippen LogP contribution in [0.1, 0.15) is 6.92 Å². The number of hydrogen-bond donors (Lipinski definition) is 0. The second-order valence-corrected chi connectivity index (χ2v) is 1.43. The molecule has 0 unspecified atom stereocenters. The third-order valence-electron chi connectivity index (χ3n) is 0.656. The molecule has 0 radical (unpaired) electrons. The van der Waals surface area contributed by atoms with Gasteiger partial charge in [-0.2, -0.15) is 0 Å².